The van der Waals surface area contributed by atoms with E-state index in [-0.39, 0.29) is 5.75 Å². The minimum atomic E-state index is -3.26. The van der Waals surface area contributed by atoms with Gasteiger partial charge in [-0.1, -0.05) is 36.4 Å². The number of nitrogens with zero attached hydrogens (tertiary/aromatic N) is 2. The van der Waals surface area contributed by atoms with Gasteiger partial charge in [-0.15, -0.1) is 0 Å². The molecule has 0 unspecified atom stereocenters. The van der Waals surface area contributed by atoms with E-state index in [1.807, 2.05) is 60.7 Å². The summed E-state index contributed by atoms with van der Waals surface area (Å²) in [7, 11) is -3.26. The van der Waals surface area contributed by atoms with Crippen LogP contribution in [-0.4, -0.2) is 33.8 Å². The molecule has 1 aliphatic heterocycles. The van der Waals surface area contributed by atoms with Gasteiger partial charge < -0.3 is 4.90 Å². The average Bonchev–Trinajstić information content (AvgIpc) is 2.67. The number of hydrogen-bond donors (Lipinski definition) is 0. The summed E-state index contributed by atoms with van der Waals surface area (Å²) in [5.74, 6) is 0.136. The van der Waals surface area contributed by atoms with Crippen molar-refractivity contribution in [1.82, 2.24) is 0 Å². The van der Waals surface area contributed by atoms with E-state index in [4.69, 9.17) is 0 Å². The molecule has 0 radical (unpaired) electrons. The topological polar surface area (TPSA) is 40.6 Å². The number of benzene rings is 2. The fourth-order valence-corrected chi connectivity index (χ4v) is 4.05. The highest BCUT2D eigenvalue weighted by molar-refractivity contribution is 7.92. The Morgan fingerprint density at radius 2 is 1.29 bits per heavy atom. The van der Waals surface area contributed by atoms with Crippen LogP contribution in [0.5, 0.6) is 0 Å². The van der Waals surface area contributed by atoms with E-state index < -0.39 is 10.0 Å². The summed E-state index contributed by atoms with van der Waals surface area (Å²) in [5, 5.41) is 0. The van der Waals surface area contributed by atoms with Crippen molar-refractivity contribution in [2.75, 3.05) is 34.6 Å². The molecule has 2 aromatic carbocycles. The molecule has 110 valence electrons. The second-order valence-corrected chi connectivity index (χ2v) is 7.06. The van der Waals surface area contributed by atoms with Gasteiger partial charge in [0.15, 0.2) is 0 Å². The van der Waals surface area contributed by atoms with Crippen LogP contribution in [0.25, 0.3) is 0 Å². The monoisotopic (exact) mass is 302 g/mol. The Bertz CT molecular complexity index is 687. The molecule has 0 atom stereocenters. The van der Waals surface area contributed by atoms with E-state index in [1.54, 1.807) is 0 Å². The summed E-state index contributed by atoms with van der Waals surface area (Å²) in [6.07, 6.45) is 0. The Morgan fingerprint density at radius 3 is 1.90 bits per heavy atom. The van der Waals surface area contributed by atoms with Gasteiger partial charge in [-0.05, 0) is 24.3 Å². The first kappa shape index (κ1) is 13.9. The van der Waals surface area contributed by atoms with Gasteiger partial charge in [0.1, 0.15) is 0 Å². The van der Waals surface area contributed by atoms with E-state index in [0.717, 1.165) is 11.4 Å². The molecule has 0 saturated carbocycles. The molecule has 5 heteroatoms. The number of rotatable bonds is 2. The van der Waals surface area contributed by atoms with Crippen LogP contribution in [0.2, 0.25) is 0 Å². The van der Waals surface area contributed by atoms with Gasteiger partial charge in [-0.25, -0.2) is 8.42 Å². The van der Waals surface area contributed by atoms with E-state index in [1.165, 1.54) is 4.31 Å². The van der Waals surface area contributed by atoms with E-state index in [2.05, 4.69) is 4.90 Å². The van der Waals surface area contributed by atoms with E-state index >= 15 is 0 Å². The molecule has 0 aliphatic carbocycles. The fourth-order valence-electron chi connectivity index (χ4n) is 2.58. The fraction of sp³-hybridized carbons (Fsp3) is 0.250. The number of sulfonamides is 1. The summed E-state index contributed by atoms with van der Waals surface area (Å²) in [5.41, 5.74) is 1.81. The highest BCUT2D eigenvalue weighted by Crippen LogP contribution is 2.22. The lowest BCUT2D eigenvalue weighted by Crippen LogP contribution is -2.33. The number of hydrogen-bond acceptors (Lipinski definition) is 3. The van der Waals surface area contributed by atoms with Crippen LogP contribution < -0.4 is 9.21 Å². The Balaban J connectivity index is 1.86. The predicted octanol–water partition coefficient (Wildman–Crippen LogP) is 2.34. The molecule has 1 heterocycles. The average molecular weight is 302 g/mol. The highest BCUT2D eigenvalue weighted by Gasteiger charge is 2.27. The van der Waals surface area contributed by atoms with Gasteiger partial charge in [0.05, 0.1) is 18.0 Å². The summed E-state index contributed by atoms with van der Waals surface area (Å²) < 4.78 is 26.5. The third-order valence-electron chi connectivity index (χ3n) is 3.69. The van der Waals surface area contributed by atoms with Crippen LogP contribution >= 0.6 is 0 Å². The lowest BCUT2D eigenvalue weighted by molar-refractivity contribution is 0.594. The Labute approximate surface area is 125 Å². The molecule has 0 amide bonds. The van der Waals surface area contributed by atoms with Gasteiger partial charge >= 0.3 is 0 Å². The van der Waals surface area contributed by atoms with Crippen molar-refractivity contribution in [3.63, 3.8) is 0 Å². The molecule has 0 N–H and O–H groups in total. The first-order valence-electron chi connectivity index (χ1n) is 7.02. The first-order valence-corrected chi connectivity index (χ1v) is 8.63. The molecule has 3 rings (SSSR count). The predicted molar refractivity (Wildman–Crippen MR) is 86.2 cm³/mol. The van der Waals surface area contributed by atoms with Crippen LogP contribution in [0, 0.1) is 0 Å². The van der Waals surface area contributed by atoms with Gasteiger partial charge in [-0.3, -0.25) is 4.31 Å². The van der Waals surface area contributed by atoms with Gasteiger partial charge in [-0.2, -0.15) is 0 Å². The van der Waals surface area contributed by atoms with Crippen molar-refractivity contribution in [3.05, 3.63) is 60.7 Å². The standard InChI is InChI=1S/C16H18N2O2S/c19-21(20)14-13-17(15-7-3-1-4-8-15)11-12-18(21)16-9-5-2-6-10-16/h1-10H,11-14H2. The number of anilines is 2. The lowest BCUT2D eigenvalue weighted by Gasteiger charge is -2.23. The second-order valence-electron chi connectivity index (χ2n) is 5.05. The zero-order valence-corrected chi connectivity index (χ0v) is 12.5. The van der Waals surface area contributed by atoms with Crippen LogP contribution in [0.15, 0.2) is 60.7 Å². The minimum absolute atomic E-state index is 0.136. The van der Waals surface area contributed by atoms with Crippen LogP contribution in [0.1, 0.15) is 0 Å². The van der Waals surface area contributed by atoms with Crippen molar-refractivity contribution in [1.29, 1.82) is 0 Å². The number of para-hydroxylation sites is 2. The molecule has 1 fully saturated rings. The molecule has 1 aliphatic rings. The summed E-state index contributed by atoms with van der Waals surface area (Å²) in [4.78, 5) is 2.13. The Kier molecular flexibility index (Phi) is 3.84. The van der Waals surface area contributed by atoms with E-state index in [9.17, 15) is 8.42 Å². The maximum Gasteiger partial charge on any atom is 0.236 e. The molecular weight excluding hydrogens is 284 g/mol. The van der Waals surface area contributed by atoms with Crippen LogP contribution in [0.3, 0.4) is 0 Å². The molecule has 4 nitrogen and oxygen atoms in total. The van der Waals surface area contributed by atoms with Gasteiger partial charge in [0.2, 0.25) is 10.0 Å². The zero-order chi connectivity index (χ0) is 14.7. The van der Waals surface area contributed by atoms with Gasteiger partial charge in [0, 0.05) is 18.8 Å². The van der Waals surface area contributed by atoms with Crippen molar-refractivity contribution in [2.24, 2.45) is 0 Å². The van der Waals surface area contributed by atoms with Crippen molar-refractivity contribution >= 4 is 21.4 Å². The third kappa shape index (κ3) is 3.03. The Morgan fingerprint density at radius 1 is 0.714 bits per heavy atom. The van der Waals surface area contributed by atoms with Gasteiger partial charge in [0.25, 0.3) is 0 Å². The highest BCUT2D eigenvalue weighted by atomic mass is 32.2. The maximum atomic E-state index is 12.5. The largest absolute Gasteiger partial charge is 0.369 e. The Hall–Kier alpha value is -2.01. The summed E-state index contributed by atoms with van der Waals surface area (Å²) in [6.45, 7) is 1.69. The molecule has 2 aromatic rings. The van der Waals surface area contributed by atoms with E-state index in [0.29, 0.717) is 19.6 Å². The second kappa shape index (κ2) is 5.77. The van der Waals surface area contributed by atoms with Crippen molar-refractivity contribution < 1.29 is 8.42 Å². The van der Waals surface area contributed by atoms with Crippen LogP contribution in [0.4, 0.5) is 11.4 Å². The molecule has 0 aromatic heterocycles. The van der Waals surface area contributed by atoms with Crippen molar-refractivity contribution in [2.45, 2.75) is 0 Å². The minimum Gasteiger partial charge on any atom is -0.369 e. The molecular formula is C16H18N2O2S. The quantitative estimate of drug-likeness (QED) is 0.855. The maximum absolute atomic E-state index is 12.5. The molecule has 1 saturated heterocycles. The zero-order valence-electron chi connectivity index (χ0n) is 11.7. The smallest absolute Gasteiger partial charge is 0.236 e. The molecule has 21 heavy (non-hydrogen) atoms. The normalized spacial score (nSPS) is 18.3. The third-order valence-corrected chi connectivity index (χ3v) is 5.46. The summed E-state index contributed by atoms with van der Waals surface area (Å²) in [6, 6.07) is 19.3. The first-order chi connectivity index (χ1) is 10.2. The lowest BCUT2D eigenvalue weighted by atomic mass is 10.3. The summed E-state index contributed by atoms with van der Waals surface area (Å²) >= 11 is 0. The van der Waals surface area contributed by atoms with Crippen molar-refractivity contribution in [3.8, 4) is 0 Å². The molecule has 0 spiro atoms. The molecule has 0 bridgehead atoms. The SMILES string of the molecule is O=S1(=O)CCN(c2ccccc2)CCN1c1ccccc1. The van der Waals surface area contributed by atoms with Crippen LogP contribution in [-0.2, 0) is 10.0 Å².